The van der Waals surface area contributed by atoms with Gasteiger partial charge < -0.3 is 0 Å². The Hall–Kier alpha value is -6.57. The molecule has 236 valence electrons. The topological polar surface area (TPSA) is 12.9 Å². The van der Waals surface area contributed by atoms with Crippen LogP contribution in [-0.4, -0.2) is 4.98 Å². The molecule has 1 heterocycles. The van der Waals surface area contributed by atoms with Gasteiger partial charge in [0.05, 0.1) is 16.6 Å². The Morgan fingerprint density at radius 3 is 1.45 bits per heavy atom. The zero-order valence-electron chi connectivity index (χ0n) is 27.8. The Morgan fingerprint density at radius 1 is 0.294 bits per heavy atom. The lowest BCUT2D eigenvalue weighted by molar-refractivity contribution is 0.795. The lowest BCUT2D eigenvalue weighted by atomic mass is 9.70. The van der Waals surface area contributed by atoms with E-state index in [0.29, 0.717) is 0 Å². The summed E-state index contributed by atoms with van der Waals surface area (Å²) >= 11 is 0. The van der Waals surface area contributed by atoms with E-state index in [0.717, 1.165) is 16.8 Å². The number of aromatic nitrogens is 1. The van der Waals surface area contributed by atoms with Crippen molar-refractivity contribution in [1.82, 2.24) is 4.98 Å². The molecule has 51 heavy (non-hydrogen) atoms. The Kier molecular flexibility index (Phi) is 5.94. The van der Waals surface area contributed by atoms with E-state index in [9.17, 15) is 0 Å². The van der Waals surface area contributed by atoms with Crippen LogP contribution in [0.5, 0.6) is 0 Å². The first-order chi connectivity index (χ1) is 25.3. The molecule has 2 aliphatic rings. The molecule has 1 heteroatoms. The van der Waals surface area contributed by atoms with Crippen LogP contribution in [0.25, 0.3) is 77.4 Å². The molecular weight excluding hydrogens is 615 g/mol. The maximum atomic E-state index is 5.42. The standard InChI is InChI=1S/C50H31N/c1-2-14-32(15-3-1)33-16-12-17-34(28-33)35-18-13-19-36(29-35)49-43-30-42-39-22-6-10-26-46(39)50(47(42)31-41(43)40-23-7-11-27-48(40)51-49)44-24-8-4-20-37(44)38-21-5-9-25-45(38)50/h1-31H. The maximum absolute atomic E-state index is 5.42. The third kappa shape index (κ3) is 3.95. The Labute approximate surface area is 297 Å². The number of para-hydroxylation sites is 1. The molecular formula is C50H31N. The number of fused-ring (bicyclic) bond motifs is 13. The molecule has 0 fully saturated rings. The summed E-state index contributed by atoms with van der Waals surface area (Å²) in [5.41, 5.74) is 18.2. The minimum absolute atomic E-state index is 0.387. The summed E-state index contributed by atoms with van der Waals surface area (Å²) < 4.78 is 0. The Bertz CT molecular complexity index is 2820. The van der Waals surface area contributed by atoms with Crippen LogP contribution in [0.4, 0.5) is 0 Å². The van der Waals surface area contributed by atoms with Gasteiger partial charge in [0, 0.05) is 16.3 Å². The molecule has 0 radical (unpaired) electrons. The van der Waals surface area contributed by atoms with E-state index in [2.05, 4.69) is 188 Å². The van der Waals surface area contributed by atoms with Crippen LogP contribution >= 0.6 is 0 Å². The lowest BCUT2D eigenvalue weighted by Gasteiger charge is -2.30. The van der Waals surface area contributed by atoms with E-state index in [1.807, 2.05) is 0 Å². The van der Waals surface area contributed by atoms with Crippen LogP contribution in [0, 0.1) is 0 Å². The fourth-order valence-electron chi connectivity index (χ4n) is 9.11. The van der Waals surface area contributed by atoms with Gasteiger partial charge in [-0.3, -0.25) is 0 Å². The second-order valence-corrected chi connectivity index (χ2v) is 13.8. The number of benzene rings is 8. The van der Waals surface area contributed by atoms with Crippen molar-refractivity contribution in [3.63, 3.8) is 0 Å². The van der Waals surface area contributed by atoms with Crippen molar-refractivity contribution in [2.75, 3.05) is 0 Å². The van der Waals surface area contributed by atoms with Gasteiger partial charge in [0.15, 0.2) is 0 Å². The van der Waals surface area contributed by atoms with Crippen LogP contribution in [0.2, 0.25) is 0 Å². The number of hydrogen-bond acceptors (Lipinski definition) is 1. The van der Waals surface area contributed by atoms with Gasteiger partial charge in [-0.1, -0.05) is 158 Å². The van der Waals surface area contributed by atoms with Crippen molar-refractivity contribution in [3.05, 3.63) is 210 Å². The summed E-state index contributed by atoms with van der Waals surface area (Å²) in [5, 5.41) is 3.59. The molecule has 0 atom stereocenters. The zero-order chi connectivity index (χ0) is 33.5. The molecule has 1 aromatic heterocycles. The van der Waals surface area contributed by atoms with Crippen LogP contribution < -0.4 is 0 Å². The van der Waals surface area contributed by atoms with Gasteiger partial charge >= 0.3 is 0 Å². The first-order valence-corrected chi connectivity index (χ1v) is 17.7. The molecule has 11 rings (SSSR count). The van der Waals surface area contributed by atoms with E-state index in [-0.39, 0.29) is 5.41 Å². The van der Waals surface area contributed by atoms with Crippen LogP contribution in [-0.2, 0) is 5.41 Å². The number of pyridine rings is 1. The fraction of sp³-hybridized carbons (Fsp3) is 0.0200. The van der Waals surface area contributed by atoms with Crippen LogP contribution in [0.15, 0.2) is 188 Å². The minimum atomic E-state index is -0.387. The molecule has 1 nitrogen and oxygen atoms in total. The van der Waals surface area contributed by atoms with Crippen molar-refractivity contribution in [3.8, 4) is 55.8 Å². The summed E-state index contributed by atoms with van der Waals surface area (Å²) in [6.07, 6.45) is 0. The highest BCUT2D eigenvalue weighted by atomic mass is 14.7. The molecule has 2 aliphatic carbocycles. The van der Waals surface area contributed by atoms with Gasteiger partial charge in [0.25, 0.3) is 0 Å². The van der Waals surface area contributed by atoms with E-state index in [1.54, 1.807) is 0 Å². The molecule has 0 saturated heterocycles. The summed E-state index contributed by atoms with van der Waals surface area (Å²) in [6.45, 7) is 0. The van der Waals surface area contributed by atoms with Gasteiger partial charge in [0.2, 0.25) is 0 Å². The van der Waals surface area contributed by atoms with E-state index in [4.69, 9.17) is 4.98 Å². The quantitative estimate of drug-likeness (QED) is 0.174. The SMILES string of the molecule is c1ccc(-c2cccc(-c3cccc(-c4nc5ccccc5c5cc6c(cc45)-c4ccccc4C64c5ccccc5-c5ccccc54)c3)c2)cc1. The predicted molar refractivity (Wildman–Crippen MR) is 212 cm³/mol. The first-order valence-electron chi connectivity index (χ1n) is 17.7. The second kappa shape index (κ2) is 10.7. The summed E-state index contributed by atoms with van der Waals surface area (Å²) in [7, 11) is 0. The highest BCUT2D eigenvalue weighted by Crippen LogP contribution is 2.63. The highest BCUT2D eigenvalue weighted by Gasteiger charge is 2.51. The summed E-state index contributed by atoms with van der Waals surface area (Å²) in [4.78, 5) is 5.42. The van der Waals surface area contributed by atoms with Crippen LogP contribution in [0.3, 0.4) is 0 Å². The second-order valence-electron chi connectivity index (χ2n) is 13.8. The van der Waals surface area contributed by atoms with Crippen molar-refractivity contribution in [2.24, 2.45) is 0 Å². The van der Waals surface area contributed by atoms with Gasteiger partial charge in [-0.15, -0.1) is 0 Å². The van der Waals surface area contributed by atoms with Crippen molar-refractivity contribution < 1.29 is 0 Å². The first kappa shape index (κ1) is 28.3. The highest BCUT2D eigenvalue weighted by molar-refractivity contribution is 6.14. The Morgan fingerprint density at radius 2 is 0.784 bits per heavy atom. The molecule has 8 aromatic carbocycles. The van der Waals surface area contributed by atoms with Crippen molar-refractivity contribution in [1.29, 1.82) is 0 Å². The third-order valence-corrected chi connectivity index (χ3v) is 11.3. The van der Waals surface area contributed by atoms with E-state index in [1.165, 1.54) is 82.9 Å². The van der Waals surface area contributed by atoms with Crippen molar-refractivity contribution >= 4 is 21.7 Å². The van der Waals surface area contributed by atoms with Crippen molar-refractivity contribution in [2.45, 2.75) is 5.41 Å². The average molecular weight is 646 g/mol. The molecule has 1 spiro atoms. The fourth-order valence-corrected chi connectivity index (χ4v) is 9.11. The van der Waals surface area contributed by atoms with E-state index >= 15 is 0 Å². The molecule has 0 unspecified atom stereocenters. The maximum Gasteiger partial charge on any atom is 0.0788 e. The number of nitrogens with zero attached hydrogens (tertiary/aromatic N) is 1. The molecule has 0 aliphatic heterocycles. The normalized spacial score (nSPS) is 13.3. The lowest BCUT2D eigenvalue weighted by Crippen LogP contribution is -2.25. The summed E-state index contributed by atoms with van der Waals surface area (Å²) in [5.74, 6) is 0. The van der Waals surface area contributed by atoms with Gasteiger partial charge in [0.1, 0.15) is 0 Å². The summed E-state index contributed by atoms with van der Waals surface area (Å²) in [6, 6.07) is 69.0. The van der Waals surface area contributed by atoms with Gasteiger partial charge in [-0.05, 0) is 102 Å². The Balaban J connectivity index is 1.18. The molecule has 0 bridgehead atoms. The molecule has 9 aromatic rings. The molecule has 0 amide bonds. The van der Waals surface area contributed by atoms with Gasteiger partial charge in [-0.2, -0.15) is 0 Å². The van der Waals surface area contributed by atoms with E-state index < -0.39 is 0 Å². The smallest absolute Gasteiger partial charge is 0.0788 e. The number of rotatable bonds is 3. The average Bonchev–Trinajstić information content (AvgIpc) is 3.67. The van der Waals surface area contributed by atoms with Crippen LogP contribution in [0.1, 0.15) is 22.3 Å². The monoisotopic (exact) mass is 645 g/mol. The largest absolute Gasteiger partial charge is 0.247 e. The third-order valence-electron chi connectivity index (χ3n) is 11.3. The zero-order valence-corrected chi connectivity index (χ0v) is 27.8. The number of hydrogen-bond donors (Lipinski definition) is 0. The predicted octanol–water partition coefficient (Wildman–Crippen LogP) is 12.7. The van der Waals surface area contributed by atoms with Gasteiger partial charge in [-0.25, -0.2) is 4.98 Å². The molecule has 0 saturated carbocycles. The molecule has 0 N–H and O–H groups in total. The minimum Gasteiger partial charge on any atom is -0.247 e.